The molecule has 0 radical (unpaired) electrons. The number of allylic oxidation sites excluding steroid dienone is 2. The van der Waals surface area contributed by atoms with Crippen molar-refractivity contribution < 1.29 is 8.91 Å². The van der Waals surface area contributed by atoms with E-state index in [1.165, 1.54) is 0 Å². The van der Waals surface area contributed by atoms with Gasteiger partial charge in [-0.1, -0.05) is 49.2 Å². The summed E-state index contributed by atoms with van der Waals surface area (Å²) in [6.45, 7) is 1.97. The molecule has 0 fully saturated rings. The van der Waals surface area contributed by atoms with Gasteiger partial charge >= 0.3 is 0 Å². The zero-order chi connectivity index (χ0) is 14.0. The molecule has 1 nitrogen and oxygen atoms in total. The lowest BCUT2D eigenvalue weighted by molar-refractivity contribution is -0.115. The first-order valence-corrected chi connectivity index (χ1v) is 5.66. The lowest BCUT2D eigenvalue weighted by Crippen LogP contribution is -1.97. The molecule has 0 aromatic heterocycles. The van der Waals surface area contributed by atoms with Gasteiger partial charge in [0.05, 0.1) is 0 Å². The van der Waals surface area contributed by atoms with Crippen LogP contribution < -0.4 is 0 Å². The third-order valence-corrected chi connectivity index (χ3v) is 2.68. The first-order chi connectivity index (χ1) is 9.07. The first-order valence-electron chi connectivity index (χ1n) is 7.40. The van der Waals surface area contributed by atoms with Crippen LogP contribution in [-0.4, -0.2) is 5.78 Å². The van der Waals surface area contributed by atoms with Crippen LogP contribution >= 0.6 is 0 Å². The van der Waals surface area contributed by atoms with E-state index in [0.717, 1.165) is 12.0 Å². The van der Waals surface area contributed by atoms with E-state index in [9.17, 15) is 4.79 Å². The van der Waals surface area contributed by atoms with Gasteiger partial charge in [0.1, 0.15) is 0 Å². The molecular weight excluding hydrogens is 196 g/mol. The summed E-state index contributed by atoms with van der Waals surface area (Å²) < 4.78 is 24.1. The summed E-state index contributed by atoms with van der Waals surface area (Å²) in [5, 5.41) is 0. The van der Waals surface area contributed by atoms with Gasteiger partial charge in [0.25, 0.3) is 0 Å². The summed E-state index contributed by atoms with van der Waals surface area (Å²) in [7, 11) is 0. The van der Waals surface area contributed by atoms with Crippen LogP contribution in [-0.2, 0) is 11.2 Å². The van der Waals surface area contributed by atoms with Crippen LogP contribution in [0.5, 0.6) is 0 Å². The molecule has 1 aliphatic carbocycles. The maximum atomic E-state index is 12.0. The minimum Gasteiger partial charge on any atom is -0.295 e. The Hall–Kier alpha value is -1.37. The van der Waals surface area contributed by atoms with Crippen molar-refractivity contribution in [1.29, 1.82) is 0 Å². The predicted molar refractivity (Wildman–Crippen MR) is 66.3 cm³/mol. The molecule has 16 heavy (non-hydrogen) atoms. The van der Waals surface area contributed by atoms with Gasteiger partial charge in [-0.3, -0.25) is 4.79 Å². The van der Waals surface area contributed by atoms with E-state index in [1.54, 1.807) is 0 Å². The van der Waals surface area contributed by atoms with Gasteiger partial charge in [-0.05, 0) is 30.4 Å². The molecule has 0 heterocycles. The van der Waals surface area contributed by atoms with Gasteiger partial charge in [0, 0.05) is 10.5 Å². The smallest absolute Gasteiger partial charge is 0.159 e. The summed E-state index contributed by atoms with van der Waals surface area (Å²) in [5.41, 5.74) is 1.86. The number of benzene rings is 1. The van der Waals surface area contributed by atoms with Gasteiger partial charge < -0.3 is 0 Å². The summed E-state index contributed by atoms with van der Waals surface area (Å²) in [5.74, 6) is -0.259. The van der Waals surface area contributed by atoms with E-state index in [2.05, 4.69) is 0 Å². The summed E-state index contributed by atoms with van der Waals surface area (Å²) in [4.78, 5) is 12.0. The Morgan fingerprint density at radius 2 is 2.06 bits per heavy atom. The molecule has 0 bridgehead atoms. The number of carbonyl (C=O) groups excluding carboxylic acids is 1. The van der Waals surface area contributed by atoms with Gasteiger partial charge in [-0.2, -0.15) is 0 Å². The number of hydrogen-bond acceptors (Lipinski definition) is 1. The highest BCUT2D eigenvalue weighted by atomic mass is 16.1. The SMILES string of the molecule is [2H]C(C1=C(CCC)C(=O)C([2H])C1[2H])c1ccccc1. The molecule has 2 rings (SSSR count). The predicted octanol–water partition coefficient (Wildman–Crippen LogP) is 3.69. The third kappa shape index (κ3) is 2.41. The second-order valence-electron chi connectivity index (χ2n) is 3.94. The molecule has 1 aliphatic rings. The Morgan fingerprint density at radius 1 is 1.31 bits per heavy atom. The monoisotopic (exact) mass is 217 g/mol. The van der Waals surface area contributed by atoms with E-state index in [-0.39, 0.29) is 5.78 Å². The fraction of sp³-hybridized carbons (Fsp3) is 0.400. The fourth-order valence-corrected chi connectivity index (χ4v) is 1.89. The standard InChI is InChI=1S/C15H18O/c1-2-6-14-13(9-10-15(14)16)11-12-7-4-3-5-8-12/h3-5,7-8H,2,6,9-11H2,1H3/i9D,10D,11D. The molecule has 3 unspecified atom stereocenters. The van der Waals surface area contributed by atoms with Crippen molar-refractivity contribution in [2.75, 3.05) is 0 Å². The van der Waals surface area contributed by atoms with E-state index in [0.29, 0.717) is 17.6 Å². The molecule has 0 amide bonds. The number of hydrogen-bond donors (Lipinski definition) is 0. The zero-order valence-corrected chi connectivity index (χ0v) is 9.44. The molecule has 1 aromatic carbocycles. The molecule has 0 saturated carbocycles. The molecule has 0 N–H and O–H groups in total. The molecule has 1 heteroatoms. The van der Waals surface area contributed by atoms with Crippen LogP contribution in [0.15, 0.2) is 41.5 Å². The third-order valence-electron chi connectivity index (χ3n) is 2.68. The molecule has 84 valence electrons. The van der Waals surface area contributed by atoms with Gasteiger partial charge in [-0.25, -0.2) is 0 Å². The number of carbonyl (C=O) groups is 1. The lowest BCUT2D eigenvalue weighted by Gasteiger charge is -2.05. The number of ketones is 1. The average molecular weight is 217 g/mol. The van der Waals surface area contributed by atoms with E-state index < -0.39 is 19.2 Å². The highest BCUT2D eigenvalue weighted by Gasteiger charge is 2.21. The van der Waals surface area contributed by atoms with Crippen LogP contribution in [0.4, 0.5) is 0 Å². The van der Waals surface area contributed by atoms with Crippen molar-refractivity contribution >= 4 is 5.78 Å². The molecule has 0 aliphatic heterocycles. The fourth-order valence-electron chi connectivity index (χ4n) is 1.89. The summed E-state index contributed by atoms with van der Waals surface area (Å²) >= 11 is 0. The Labute approximate surface area is 101 Å². The topological polar surface area (TPSA) is 17.1 Å². The molecule has 1 aromatic rings. The first kappa shape index (κ1) is 7.83. The number of rotatable bonds is 4. The van der Waals surface area contributed by atoms with Crippen molar-refractivity contribution in [3.05, 3.63) is 47.0 Å². The van der Waals surface area contributed by atoms with Crippen molar-refractivity contribution in [3.63, 3.8) is 0 Å². The molecule has 3 atom stereocenters. The van der Waals surface area contributed by atoms with Crippen molar-refractivity contribution in [2.24, 2.45) is 0 Å². The van der Waals surface area contributed by atoms with E-state index in [4.69, 9.17) is 4.11 Å². The van der Waals surface area contributed by atoms with Crippen LogP contribution in [0.2, 0.25) is 0 Å². The largest absolute Gasteiger partial charge is 0.295 e. The van der Waals surface area contributed by atoms with E-state index in [1.807, 2.05) is 37.3 Å². The minimum atomic E-state index is -1.05. The lowest BCUT2D eigenvalue weighted by atomic mass is 9.99. The van der Waals surface area contributed by atoms with Crippen molar-refractivity contribution in [3.8, 4) is 0 Å². The molecule has 0 saturated heterocycles. The molecular formula is C15H18O. The van der Waals surface area contributed by atoms with E-state index >= 15 is 0 Å². The van der Waals surface area contributed by atoms with Crippen LogP contribution in [0, 0.1) is 0 Å². The highest BCUT2D eigenvalue weighted by molar-refractivity contribution is 5.98. The molecule has 0 spiro atoms. The van der Waals surface area contributed by atoms with Crippen molar-refractivity contribution in [2.45, 2.75) is 39.0 Å². The number of Topliss-reactive ketones (excluding diaryl/α,β-unsaturated/α-hetero) is 1. The van der Waals surface area contributed by atoms with Crippen LogP contribution in [0.25, 0.3) is 0 Å². The Morgan fingerprint density at radius 3 is 2.75 bits per heavy atom. The Kier molecular flexibility index (Phi) is 2.50. The maximum Gasteiger partial charge on any atom is 0.159 e. The van der Waals surface area contributed by atoms with Crippen LogP contribution in [0.3, 0.4) is 0 Å². The summed E-state index contributed by atoms with van der Waals surface area (Å²) in [6.07, 6.45) is -1.28. The van der Waals surface area contributed by atoms with Gasteiger partial charge in [0.2, 0.25) is 0 Å². The second-order valence-corrected chi connectivity index (χ2v) is 3.94. The minimum absolute atomic E-state index is 0.259. The van der Waals surface area contributed by atoms with Gasteiger partial charge in [0.15, 0.2) is 5.78 Å². The average Bonchev–Trinajstić information content (AvgIpc) is 2.64. The zero-order valence-electron chi connectivity index (χ0n) is 12.4. The van der Waals surface area contributed by atoms with Gasteiger partial charge in [-0.15, -0.1) is 0 Å². The quantitative estimate of drug-likeness (QED) is 0.751. The maximum absolute atomic E-state index is 12.0. The summed E-state index contributed by atoms with van der Waals surface area (Å²) in [6, 6.07) is 9.25. The van der Waals surface area contributed by atoms with Crippen LogP contribution in [0.1, 0.15) is 42.2 Å². The highest BCUT2D eigenvalue weighted by Crippen LogP contribution is 2.28. The van der Waals surface area contributed by atoms with Crippen molar-refractivity contribution in [1.82, 2.24) is 0 Å². The Balaban J connectivity index is 2.41. The second kappa shape index (κ2) is 5.11. The Bertz CT molecular complexity index is 495. The normalized spacial score (nSPS) is 29.8.